The largest absolute Gasteiger partial charge is 0.488 e. The molecule has 2 nitrogen and oxygen atoms in total. The third-order valence-electron chi connectivity index (χ3n) is 2.92. The molecule has 0 radical (unpaired) electrons. The Bertz CT molecular complexity index is 615. The van der Waals surface area contributed by atoms with E-state index in [1.165, 1.54) is 13.0 Å². The van der Waals surface area contributed by atoms with Crippen molar-refractivity contribution in [3.05, 3.63) is 53.8 Å². The minimum Gasteiger partial charge on any atom is -0.488 e. The fraction of sp³-hybridized carbons (Fsp3) is 0.235. The third-order valence-corrected chi connectivity index (χ3v) is 2.92. The molecule has 0 amide bonds. The summed E-state index contributed by atoms with van der Waals surface area (Å²) >= 11 is 0. The zero-order valence-corrected chi connectivity index (χ0v) is 11.8. The van der Waals surface area contributed by atoms with Gasteiger partial charge in [-0.15, -0.1) is 0 Å². The molecule has 2 aromatic carbocycles. The molecular formula is C17H17FO2. The Labute approximate surface area is 118 Å². The summed E-state index contributed by atoms with van der Waals surface area (Å²) in [5.41, 5.74) is 2.27. The Hall–Kier alpha value is -2.16. The molecule has 2 rings (SSSR count). The van der Waals surface area contributed by atoms with Gasteiger partial charge in [0.15, 0.2) is 17.3 Å². The van der Waals surface area contributed by atoms with Gasteiger partial charge in [0.05, 0.1) is 6.10 Å². The van der Waals surface area contributed by atoms with Crippen LogP contribution in [0.3, 0.4) is 0 Å². The van der Waals surface area contributed by atoms with E-state index in [2.05, 4.69) is 0 Å². The van der Waals surface area contributed by atoms with Gasteiger partial charge in [-0.25, -0.2) is 4.39 Å². The SMILES string of the molecule is CC(=O)c1ccc(-c2ccc(OC(C)C)c(F)c2)cc1. The topological polar surface area (TPSA) is 26.3 Å². The number of rotatable bonds is 4. The van der Waals surface area contributed by atoms with E-state index < -0.39 is 0 Å². The molecule has 0 bridgehead atoms. The van der Waals surface area contributed by atoms with Crippen molar-refractivity contribution < 1.29 is 13.9 Å². The predicted molar refractivity (Wildman–Crippen MR) is 77.6 cm³/mol. The molecule has 0 heterocycles. The van der Waals surface area contributed by atoms with E-state index in [0.717, 1.165) is 11.1 Å². The number of hydrogen-bond donors (Lipinski definition) is 0. The molecule has 3 heteroatoms. The van der Waals surface area contributed by atoms with Gasteiger partial charge in [0.25, 0.3) is 0 Å². The quantitative estimate of drug-likeness (QED) is 0.767. The van der Waals surface area contributed by atoms with Crippen molar-refractivity contribution in [2.24, 2.45) is 0 Å². The Morgan fingerprint density at radius 3 is 2.15 bits per heavy atom. The van der Waals surface area contributed by atoms with Crippen LogP contribution < -0.4 is 4.74 Å². The van der Waals surface area contributed by atoms with Crippen molar-refractivity contribution in [3.8, 4) is 16.9 Å². The summed E-state index contributed by atoms with van der Waals surface area (Å²) in [5.74, 6) is -0.112. The number of halogens is 1. The molecule has 20 heavy (non-hydrogen) atoms. The molecule has 0 aliphatic carbocycles. The molecular weight excluding hydrogens is 255 g/mol. The number of ether oxygens (including phenoxy) is 1. The number of carbonyl (C=O) groups excluding carboxylic acids is 1. The molecule has 0 aliphatic heterocycles. The van der Waals surface area contributed by atoms with Crippen LogP contribution in [0, 0.1) is 5.82 Å². The molecule has 0 saturated heterocycles. The third kappa shape index (κ3) is 3.23. The van der Waals surface area contributed by atoms with Crippen LogP contribution in [0.4, 0.5) is 4.39 Å². The van der Waals surface area contributed by atoms with Crippen LogP contribution in [-0.4, -0.2) is 11.9 Å². The van der Waals surface area contributed by atoms with Gasteiger partial charge in [-0.05, 0) is 44.0 Å². The van der Waals surface area contributed by atoms with Gasteiger partial charge < -0.3 is 4.74 Å². The standard InChI is InChI=1S/C17H17FO2/c1-11(2)20-17-9-8-15(10-16(17)18)14-6-4-13(5-7-14)12(3)19/h4-11H,1-3H3. The Balaban J connectivity index is 2.29. The van der Waals surface area contributed by atoms with Crippen LogP contribution in [0.1, 0.15) is 31.1 Å². The molecule has 0 unspecified atom stereocenters. The first-order valence-corrected chi connectivity index (χ1v) is 6.55. The number of hydrogen-bond acceptors (Lipinski definition) is 2. The highest BCUT2D eigenvalue weighted by Gasteiger charge is 2.08. The molecule has 0 aliphatic rings. The maximum absolute atomic E-state index is 13.9. The lowest BCUT2D eigenvalue weighted by Crippen LogP contribution is -2.06. The summed E-state index contributed by atoms with van der Waals surface area (Å²) in [6.45, 7) is 5.23. The first-order valence-electron chi connectivity index (χ1n) is 6.55. The van der Waals surface area contributed by atoms with E-state index in [1.54, 1.807) is 18.2 Å². The van der Waals surface area contributed by atoms with Crippen LogP contribution in [0.5, 0.6) is 5.75 Å². The first kappa shape index (κ1) is 14.3. The van der Waals surface area contributed by atoms with E-state index in [0.29, 0.717) is 5.56 Å². The van der Waals surface area contributed by atoms with Crippen molar-refractivity contribution in [3.63, 3.8) is 0 Å². The fourth-order valence-corrected chi connectivity index (χ4v) is 1.93. The highest BCUT2D eigenvalue weighted by atomic mass is 19.1. The summed E-state index contributed by atoms with van der Waals surface area (Å²) in [6.07, 6.45) is -0.0646. The zero-order chi connectivity index (χ0) is 14.7. The molecule has 0 N–H and O–H groups in total. The average Bonchev–Trinajstić information content (AvgIpc) is 2.41. The van der Waals surface area contributed by atoms with Crippen LogP contribution in [0.15, 0.2) is 42.5 Å². The van der Waals surface area contributed by atoms with Crippen molar-refractivity contribution in [1.29, 1.82) is 0 Å². The minimum absolute atomic E-state index is 0.0170. The van der Waals surface area contributed by atoms with E-state index in [9.17, 15) is 9.18 Å². The van der Waals surface area contributed by atoms with Crippen LogP contribution in [0.25, 0.3) is 11.1 Å². The van der Waals surface area contributed by atoms with E-state index in [1.807, 2.05) is 32.0 Å². The van der Waals surface area contributed by atoms with Crippen LogP contribution >= 0.6 is 0 Å². The van der Waals surface area contributed by atoms with E-state index in [-0.39, 0.29) is 23.5 Å². The Kier molecular flexibility index (Phi) is 4.18. The average molecular weight is 272 g/mol. The molecule has 0 saturated carbocycles. The summed E-state index contributed by atoms with van der Waals surface area (Å²) in [7, 11) is 0. The first-order chi connectivity index (χ1) is 9.47. The molecule has 0 aromatic heterocycles. The van der Waals surface area contributed by atoms with Gasteiger partial charge >= 0.3 is 0 Å². The maximum atomic E-state index is 13.9. The number of carbonyl (C=O) groups is 1. The van der Waals surface area contributed by atoms with Crippen molar-refractivity contribution >= 4 is 5.78 Å². The summed E-state index contributed by atoms with van der Waals surface area (Å²) in [4.78, 5) is 11.2. The van der Waals surface area contributed by atoms with Gasteiger partial charge in [0.1, 0.15) is 0 Å². The summed E-state index contributed by atoms with van der Waals surface area (Å²) in [5, 5.41) is 0. The van der Waals surface area contributed by atoms with Crippen LogP contribution in [0.2, 0.25) is 0 Å². The zero-order valence-electron chi connectivity index (χ0n) is 11.8. The highest BCUT2D eigenvalue weighted by molar-refractivity contribution is 5.94. The second-order valence-corrected chi connectivity index (χ2v) is 4.95. The second kappa shape index (κ2) is 5.87. The highest BCUT2D eigenvalue weighted by Crippen LogP contribution is 2.26. The van der Waals surface area contributed by atoms with Crippen molar-refractivity contribution in [2.75, 3.05) is 0 Å². The molecule has 0 atom stereocenters. The summed E-state index contributed by atoms with van der Waals surface area (Å²) < 4.78 is 19.3. The Morgan fingerprint density at radius 1 is 1.05 bits per heavy atom. The number of ketones is 1. The predicted octanol–water partition coefficient (Wildman–Crippen LogP) is 4.48. The molecule has 104 valence electrons. The van der Waals surface area contributed by atoms with Crippen molar-refractivity contribution in [1.82, 2.24) is 0 Å². The van der Waals surface area contributed by atoms with Gasteiger partial charge in [0, 0.05) is 5.56 Å². The van der Waals surface area contributed by atoms with Gasteiger partial charge in [-0.1, -0.05) is 30.3 Å². The number of Topliss-reactive ketones (excluding diaryl/α,β-unsaturated/α-hetero) is 1. The van der Waals surface area contributed by atoms with E-state index in [4.69, 9.17) is 4.74 Å². The van der Waals surface area contributed by atoms with Gasteiger partial charge in [-0.3, -0.25) is 4.79 Å². The smallest absolute Gasteiger partial charge is 0.165 e. The van der Waals surface area contributed by atoms with Gasteiger partial charge in [0.2, 0.25) is 0 Å². The fourth-order valence-electron chi connectivity index (χ4n) is 1.93. The number of benzene rings is 2. The normalized spacial score (nSPS) is 10.7. The maximum Gasteiger partial charge on any atom is 0.165 e. The lowest BCUT2D eigenvalue weighted by Gasteiger charge is -2.11. The van der Waals surface area contributed by atoms with Crippen LogP contribution in [-0.2, 0) is 0 Å². The Morgan fingerprint density at radius 2 is 1.65 bits per heavy atom. The second-order valence-electron chi connectivity index (χ2n) is 4.95. The lowest BCUT2D eigenvalue weighted by atomic mass is 10.0. The minimum atomic E-state index is -0.383. The molecule has 0 spiro atoms. The van der Waals surface area contributed by atoms with Gasteiger partial charge in [-0.2, -0.15) is 0 Å². The molecule has 2 aromatic rings. The van der Waals surface area contributed by atoms with Crippen molar-refractivity contribution in [2.45, 2.75) is 26.9 Å². The molecule has 0 fully saturated rings. The monoisotopic (exact) mass is 272 g/mol. The lowest BCUT2D eigenvalue weighted by molar-refractivity contribution is 0.101. The summed E-state index contributed by atoms with van der Waals surface area (Å²) in [6, 6.07) is 12.0. The van der Waals surface area contributed by atoms with E-state index >= 15 is 0 Å².